The summed E-state index contributed by atoms with van der Waals surface area (Å²) in [6.07, 6.45) is 3.17. The normalized spacial score (nSPS) is 22.1. The van der Waals surface area contributed by atoms with E-state index in [2.05, 4.69) is 24.4 Å². The molecule has 6 nitrogen and oxygen atoms in total. The average molecular weight is 395 g/mol. The molecule has 150 valence electrons. The summed E-state index contributed by atoms with van der Waals surface area (Å²) in [6, 6.07) is 8.47. The maximum absolute atomic E-state index is 12.5. The number of nitrogens with zero attached hydrogens (tertiary/aromatic N) is 2. The molecule has 0 spiro atoms. The van der Waals surface area contributed by atoms with Crippen molar-refractivity contribution in [2.75, 3.05) is 26.2 Å². The largest absolute Gasteiger partial charge is 0.339 e. The fraction of sp³-hybridized carbons (Fsp3) is 0.600. The Hall–Kier alpha value is -1.79. The first-order valence-corrected chi connectivity index (χ1v) is 9.66. The van der Waals surface area contributed by atoms with Gasteiger partial charge in [0.1, 0.15) is 0 Å². The molecular weight excluding hydrogens is 364 g/mol. The van der Waals surface area contributed by atoms with Crippen molar-refractivity contribution in [3.8, 4) is 0 Å². The maximum Gasteiger partial charge on any atom is 0.317 e. The summed E-state index contributed by atoms with van der Waals surface area (Å²) < 4.78 is 0. The quantitative estimate of drug-likeness (QED) is 0.804. The molecule has 0 aliphatic carbocycles. The van der Waals surface area contributed by atoms with E-state index in [9.17, 15) is 9.59 Å². The lowest BCUT2D eigenvalue weighted by Gasteiger charge is -2.47. The number of carbonyl (C=O) groups is 2. The molecule has 3 amide bonds. The average Bonchev–Trinajstić information content (AvgIpc) is 2.66. The Kier molecular flexibility index (Phi) is 7.92. The number of likely N-dealkylation sites (tertiary alicyclic amines) is 2. The SMILES string of the molecule is Cc1ccc(CNC(=O)N2CC[C@@H]3[C@@H](CCC(=O)N3CCCN)C2)cc1.Cl. The van der Waals surface area contributed by atoms with Gasteiger partial charge in [-0.05, 0) is 44.2 Å². The number of nitrogens with two attached hydrogens (primary N) is 1. The number of hydrogen-bond acceptors (Lipinski definition) is 3. The van der Waals surface area contributed by atoms with Crippen molar-refractivity contribution in [1.82, 2.24) is 15.1 Å². The number of amides is 3. The van der Waals surface area contributed by atoms with Crippen LogP contribution in [-0.2, 0) is 11.3 Å². The van der Waals surface area contributed by atoms with Crippen LogP contribution in [0.15, 0.2) is 24.3 Å². The van der Waals surface area contributed by atoms with E-state index in [0.29, 0.717) is 32.0 Å². The maximum atomic E-state index is 12.5. The Labute approximate surface area is 167 Å². The lowest BCUT2D eigenvalue weighted by molar-refractivity contribution is -0.140. The molecule has 2 atom stereocenters. The molecule has 0 unspecified atom stereocenters. The third-order valence-corrected chi connectivity index (χ3v) is 5.60. The highest BCUT2D eigenvalue weighted by Gasteiger charge is 2.39. The van der Waals surface area contributed by atoms with Crippen molar-refractivity contribution >= 4 is 24.3 Å². The van der Waals surface area contributed by atoms with Gasteiger partial charge in [0, 0.05) is 38.6 Å². The van der Waals surface area contributed by atoms with Gasteiger partial charge in [-0.15, -0.1) is 12.4 Å². The molecule has 0 bridgehead atoms. The number of carbonyl (C=O) groups excluding carboxylic acids is 2. The summed E-state index contributed by atoms with van der Waals surface area (Å²) >= 11 is 0. The molecule has 27 heavy (non-hydrogen) atoms. The van der Waals surface area contributed by atoms with Crippen LogP contribution in [0.1, 0.15) is 36.8 Å². The molecule has 0 aromatic heterocycles. The van der Waals surface area contributed by atoms with E-state index < -0.39 is 0 Å². The van der Waals surface area contributed by atoms with Crippen molar-refractivity contribution in [3.63, 3.8) is 0 Å². The van der Waals surface area contributed by atoms with Crippen LogP contribution in [0, 0.1) is 12.8 Å². The fourth-order valence-electron chi connectivity index (χ4n) is 4.08. The Morgan fingerprint density at radius 3 is 2.70 bits per heavy atom. The van der Waals surface area contributed by atoms with E-state index in [1.54, 1.807) is 0 Å². The highest BCUT2D eigenvalue weighted by molar-refractivity contribution is 5.85. The second kappa shape index (κ2) is 9.95. The smallest absolute Gasteiger partial charge is 0.317 e. The molecule has 2 fully saturated rings. The van der Waals surface area contributed by atoms with Crippen molar-refractivity contribution in [3.05, 3.63) is 35.4 Å². The number of aryl methyl sites for hydroxylation is 1. The third-order valence-electron chi connectivity index (χ3n) is 5.60. The lowest BCUT2D eigenvalue weighted by atomic mass is 9.83. The van der Waals surface area contributed by atoms with Gasteiger partial charge in [-0.3, -0.25) is 4.79 Å². The summed E-state index contributed by atoms with van der Waals surface area (Å²) in [7, 11) is 0. The minimum absolute atomic E-state index is 0. The molecular formula is C20H31ClN4O2. The van der Waals surface area contributed by atoms with E-state index >= 15 is 0 Å². The van der Waals surface area contributed by atoms with Crippen LogP contribution in [0.3, 0.4) is 0 Å². The molecule has 2 aliphatic rings. The van der Waals surface area contributed by atoms with Crippen LogP contribution in [0.4, 0.5) is 4.79 Å². The number of fused-ring (bicyclic) bond motifs is 1. The molecule has 1 aromatic rings. The van der Waals surface area contributed by atoms with Crippen LogP contribution >= 0.6 is 12.4 Å². The predicted octanol–water partition coefficient (Wildman–Crippen LogP) is 2.29. The number of urea groups is 1. The fourth-order valence-corrected chi connectivity index (χ4v) is 4.08. The standard InChI is InChI=1S/C20H30N4O2.ClH/c1-15-3-5-16(6-4-15)13-22-20(26)23-12-9-18-17(14-23)7-8-19(25)24(18)11-2-10-21;/h3-6,17-18H,2,7-14,21H2,1H3,(H,22,26);1H/t17-,18+;/m0./s1. The zero-order valence-corrected chi connectivity index (χ0v) is 16.8. The van der Waals surface area contributed by atoms with E-state index in [0.717, 1.165) is 37.9 Å². The van der Waals surface area contributed by atoms with Gasteiger partial charge in [0.05, 0.1) is 0 Å². The molecule has 2 aliphatic heterocycles. The van der Waals surface area contributed by atoms with E-state index in [1.165, 1.54) is 5.56 Å². The lowest BCUT2D eigenvalue weighted by Crippen LogP contribution is -2.58. The van der Waals surface area contributed by atoms with E-state index in [1.807, 2.05) is 21.9 Å². The molecule has 2 heterocycles. The molecule has 1 aromatic carbocycles. The second-order valence-electron chi connectivity index (χ2n) is 7.47. The summed E-state index contributed by atoms with van der Waals surface area (Å²) in [5, 5.41) is 3.03. The summed E-state index contributed by atoms with van der Waals surface area (Å²) in [5.41, 5.74) is 7.93. The number of halogens is 1. The van der Waals surface area contributed by atoms with Crippen LogP contribution in [-0.4, -0.2) is 54.0 Å². The third kappa shape index (κ3) is 5.36. The van der Waals surface area contributed by atoms with Gasteiger partial charge < -0.3 is 20.9 Å². The molecule has 3 rings (SSSR count). The van der Waals surface area contributed by atoms with Crippen LogP contribution < -0.4 is 11.1 Å². The Balaban J connectivity index is 0.00000261. The zero-order valence-electron chi connectivity index (χ0n) is 16.0. The molecule has 0 radical (unpaired) electrons. The number of nitrogens with one attached hydrogen (secondary N) is 1. The van der Waals surface area contributed by atoms with Gasteiger partial charge in [0.2, 0.25) is 5.91 Å². The molecule has 0 saturated carbocycles. The number of rotatable bonds is 5. The number of piperidine rings is 2. The second-order valence-corrected chi connectivity index (χ2v) is 7.47. The minimum atomic E-state index is -0.00515. The first kappa shape index (κ1) is 21.5. The van der Waals surface area contributed by atoms with Crippen LogP contribution in [0.25, 0.3) is 0 Å². The minimum Gasteiger partial charge on any atom is -0.339 e. The van der Waals surface area contributed by atoms with Gasteiger partial charge in [-0.1, -0.05) is 29.8 Å². The van der Waals surface area contributed by atoms with Crippen molar-refractivity contribution < 1.29 is 9.59 Å². The van der Waals surface area contributed by atoms with Gasteiger partial charge in [0.15, 0.2) is 0 Å². The van der Waals surface area contributed by atoms with E-state index in [-0.39, 0.29) is 30.4 Å². The van der Waals surface area contributed by atoms with E-state index in [4.69, 9.17) is 5.73 Å². The van der Waals surface area contributed by atoms with Crippen molar-refractivity contribution in [2.24, 2.45) is 11.7 Å². The Morgan fingerprint density at radius 1 is 1.26 bits per heavy atom. The van der Waals surface area contributed by atoms with Crippen LogP contribution in [0.5, 0.6) is 0 Å². The molecule has 3 N–H and O–H groups in total. The molecule has 7 heteroatoms. The van der Waals surface area contributed by atoms with Crippen LogP contribution in [0.2, 0.25) is 0 Å². The monoisotopic (exact) mass is 394 g/mol. The van der Waals surface area contributed by atoms with Gasteiger partial charge in [-0.25, -0.2) is 4.79 Å². The first-order valence-electron chi connectivity index (χ1n) is 9.66. The van der Waals surface area contributed by atoms with Gasteiger partial charge >= 0.3 is 6.03 Å². The van der Waals surface area contributed by atoms with Crippen molar-refractivity contribution in [2.45, 2.75) is 45.2 Å². The summed E-state index contributed by atoms with van der Waals surface area (Å²) in [4.78, 5) is 28.7. The van der Waals surface area contributed by atoms with Crippen molar-refractivity contribution in [1.29, 1.82) is 0 Å². The predicted molar refractivity (Wildman–Crippen MR) is 109 cm³/mol. The molecule has 2 saturated heterocycles. The summed E-state index contributed by atoms with van der Waals surface area (Å²) in [6.45, 7) is 5.39. The van der Waals surface area contributed by atoms with Gasteiger partial charge in [-0.2, -0.15) is 0 Å². The van der Waals surface area contributed by atoms with Gasteiger partial charge in [0.25, 0.3) is 0 Å². The summed E-state index contributed by atoms with van der Waals surface area (Å²) in [5.74, 6) is 0.626. The number of hydrogen-bond donors (Lipinski definition) is 2. The highest BCUT2D eigenvalue weighted by atomic mass is 35.5. The first-order chi connectivity index (χ1) is 12.6. The highest BCUT2D eigenvalue weighted by Crippen LogP contribution is 2.31. The Morgan fingerprint density at radius 2 is 2.00 bits per heavy atom. The zero-order chi connectivity index (χ0) is 18.5. The number of benzene rings is 1. The topological polar surface area (TPSA) is 78.7 Å². The Bertz CT molecular complexity index is 637.